The zero-order chi connectivity index (χ0) is 11.4. The second-order valence-corrected chi connectivity index (χ2v) is 5.50. The van der Waals surface area contributed by atoms with Gasteiger partial charge in [-0.3, -0.25) is 0 Å². The van der Waals surface area contributed by atoms with Gasteiger partial charge < -0.3 is 10.2 Å². The lowest BCUT2D eigenvalue weighted by molar-refractivity contribution is 0.348. The standard InChI is InChI=1S/C13H19BrN2/c1-16-9-2-3-12(8-10-16)15-13-6-4-11(14)5-7-13/h4-7,12,15H,2-3,8-10H2,1H3. The highest BCUT2D eigenvalue weighted by Gasteiger charge is 2.14. The van der Waals surface area contributed by atoms with Crippen molar-refractivity contribution in [2.24, 2.45) is 0 Å². The van der Waals surface area contributed by atoms with Crippen molar-refractivity contribution in [3.05, 3.63) is 28.7 Å². The summed E-state index contributed by atoms with van der Waals surface area (Å²) in [6.45, 7) is 2.44. The van der Waals surface area contributed by atoms with Crippen molar-refractivity contribution in [2.75, 3.05) is 25.5 Å². The van der Waals surface area contributed by atoms with E-state index in [1.54, 1.807) is 0 Å². The first-order chi connectivity index (χ1) is 7.74. The number of anilines is 1. The molecule has 0 aliphatic carbocycles. The van der Waals surface area contributed by atoms with E-state index in [9.17, 15) is 0 Å². The first kappa shape index (κ1) is 11.9. The number of halogens is 1. The SMILES string of the molecule is CN1CCCC(Nc2ccc(Br)cc2)CC1. The van der Waals surface area contributed by atoms with Crippen molar-refractivity contribution >= 4 is 21.6 Å². The molecule has 1 atom stereocenters. The molecule has 3 heteroatoms. The molecule has 0 radical (unpaired) electrons. The molecule has 1 aliphatic rings. The van der Waals surface area contributed by atoms with E-state index >= 15 is 0 Å². The summed E-state index contributed by atoms with van der Waals surface area (Å²) in [5.74, 6) is 0. The Kier molecular flexibility index (Phi) is 4.24. The molecule has 1 N–H and O–H groups in total. The van der Waals surface area contributed by atoms with Crippen LogP contribution in [0.15, 0.2) is 28.7 Å². The lowest BCUT2D eigenvalue weighted by Gasteiger charge is -2.18. The molecule has 1 aromatic carbocycles. The fraction of sp³-hybridized carbons (Fsp3) is 0.538. The van der Waals surface area contributed by atoms with Crippen LogP contribution in [0.3, 0.4) is 0 Å². The Balaban J connectivity index is 1.91. The van der Waals surface area contributed by atoms with E-state index in [4.69, 9.17) is 0 Å². The summed E-state index contributed by atoms with van der Waals surface area (Å²) in [4.78, 5) is 2.42. The number of nitrogens with zero attached hydrogens (tertiary/aromatic N) is 1. The Labute approximate surface area is 106 Å². The smallest absolute Gasteiger partial charge is 0.0343 e. The summed E-state index contributed by atoms with van der Waals surface area (Å²) in [5.41, 5.74) is 1.23. The molecule has 88 valence electrons. The van der Waals surface area contributed by atoms with Gasteiger partial charge in [0, 0.05) is 16.2 Å². The Bertz CT molecular complexity index is 323. The Morgan fingerprint density at radius 3 is 2.69 bits per heavy atom. The summed E-state index contributed by atoms with van der Waals surface area (Å²) in [6.07, 6.45) is 3.82. The molecule has 2 rings (SSSR count). The number of nitrogens with one attached hydrogen (secondary N) is 1. The number of rotatable bonds is 2. The van der Waals surface area contributed by atoms with E-state index in [0.29, 0.717) is 6.04 Å². The van der Waals surface area contributed by atoms with Crippen LogP contribution in [-0.4, -0.2) is 31.1 Å². The van der Waals surface area contributed by atoms with Gasteiger partial charge >= 0.3 is 0 Å². The van der Waals surface area contributed by atoms with Crippen molar-refractivity contribution in [1.82, 2.24) is 4.90 Å². The van der Waals surface area contributed by atoms with E-state index in [2.05, 4.69) is 57.5 Å². The molecular weight excluding hydrogens is 264 g/mol. The summed E-state index contributed by atoms with van der Waals surface area (Å²) >= 11 is 3.46. The maximum Gasteiger partial charge on any atom is 0.0343 e. The molecule has 2 nitrogen and oxygen atoms in total. The number of benzene rings is 1. The minimum absolute atomic E-state index is 0.631. The number of hydrogen-bond donors (Lipinski definition) is 1. The highest BCUT2D eigenvalue weighted by Crippen LogP contribution is 2.18. The Morgan fingerprint density at radius 1 is 1.19 bits per heavy atom. The van der Waals surface area contributed by atoms with E-state index in [1.807, 2.05) is 0 Å². The molecule has 0 spiro atoms. The molecule has 0 bridgehead atoms. The van der Waals surface area contributed by atoms with Crippen LogP contribution in [0.5, 0.6) is 0 Å². The van der Waals surface area contributed by atoms with Gasteiger partial charge in [-0.1, -0.05) is 15.9 Å². The van der Waals surface area contributed by atoms with E-state index in [-0.39, 0.29) is 0 Å². The topological polar surface area (TPSA) is 15.3 Å². The second-order valence-electron chi connectivity index (χ2n) is 4.58. The van der Waals surface area contributed by atoms with Gasteiger partial charge in [-0.25, -0.2) is 0 Å². The zero-order valence-electron chi connectivity index (χ0n) is 9.75. The molecular formula is C13H19BrN2. The summed E-state index contributed by atoms with van der Waals surface area (Å²) < 4.78 is 1.14. The molecule has 0 aromatic heterocycles. The van der Waals surface area contributed by atoms with Crippen LogP contribution in [0.25, 0.3) is 0 Å². The number of hydrogen-bond acceptors (Lipinski definition) is 2. The maximum atomic E-state index is 3.62. The molecule has 1 aliphatic heterocycles. The molecule has 1 aromatic rings. The Morgan fingerprint density at radius 2 is 1.94 bits per heavy atom. The van der Waals surface area contributed by atoms with Crippen LogP contribution in [0.2, 0.25) is 0 Å². The molecule has 16 heavy (non-hydrogen) atoms. The third kappa shape index (κ3) is 3.49. The van der Waals surface area contributed by atoms with Gasteiger partial charge in [-0.2, -0.15) is 0 Å². The maximum absolute atomic E-state index is 3.62. The first-order valence-corrected chi connectivity index (χ1v) is 6.74. The van der Waals surface area contributed by atoms with Crippen molar-refractivity contribution in [2.45, 2.75) is 25.3 Å². The first-order valence-electron chi connectivity index (χ1n) is 5.95. The van der Waals surface area contributed by atoms with Gasteiger partial charge in [-0.15, -0.1) is 0 Å². The van der Waals surface area contributed by atoms with Gasteiger partial charge in [0.05, 0.1) is 0 Å². The predicted molar refractivity (Wildman–Crippen MR) is 72.9 cm³/mol. The van der Waals surface area contributed by atoms with Gasteiger partial charge in [0.15, 0.2) is 0 Å². The van der Waals surface area contributed by atoms with Crippen LogP contribution < -0.4 is 5.32 Å². The highest BCUT2D eigenvalue weighted by molar-refractivity contribution is 9.10. The average Bonchev–Trinajstić information content (AvgIpc) is 2.47. The second kappa shape index (κ2) is 5.69. The molecule has 1 heterocycles. The fourth-order valence-corrected chi connectivity index (χ4v) is 2.43. The van der Waals surface area contributed by atoms with Crippen molar-refractivity contribution < 1.29 is 0 Å². The minimum atomic E-state index is 0.631. The molecule has 1 unspecified atom stereocenters. The third-order valence-electron chi connectivity index (χ3n) is 3.17. The molecule has 1 saturated heterocycles. The Hall–Kier alpha value is -0.540. The van der Waals surface area contributed by atoms with Gasteiger partial charge in [0.25, 0.3) is 0 Å². The normalized spacial score (nSPS) is 22.8. The monoisotopic (exact) mass is 282 g/mol. The van der Waals surface area contributed by atoms with Crippen LogP contribution in [0, 0.1) is 0 Å². The van der Waals surface area contributed by atoms with Crippen molar-refractivity contribution in [3.63, 3.8) is 0 Å². The lowest BCUT2D eigenvalue weighted by atomic mass is 10.1. The summed E-state index contributed by atoms with van der Waals surface area (Å²) in [5, 5.41) is 3.62. The molecule has 1 fully saturated rings. The largest absolute Gasteiger partial charge is 0.382 e. The van der Waals surface area contributed by atoms with Crippen molar-refractivity contribution in [1.29, 1.82) is 0 Å². The highest BCUT2D eigenvalue weighted by atomic mass is 79.9. The lowest BCUT2D eigenvalue weighted by Crippen LogP contribution is -2.22. The van der Waals surface area contributed by atoms with Crippen molar-refractivity contribution in [3.8, 4) is 0 Å². The van der Waals surface area contributed by atoms with Crippen LogP contribution in [0.1, 0.15) is 19.3 Å². The molecule has 0 saturated carbocycles. The fourth-order valence-electron chi connectivity index (χ4n) is 2.17. The van der Waals surface area contributed by atoms with Gasteiger partial charge in [0.1, 0.15) is 0 Å². The van der Waals surface area contributed by atoms with E-state index in [0.717, 1.165) is 4.47 Å². The van der Waals surface area contributed by atoms with E-state index < -0.39 is 0 Å². The van der Waals surface area contributed by atoms with Gasteiger partial charge in [0.2, 0.25) is 0 Å². The summed E-state index contributed by atoms with van der Waals surface area (Å²) in [7, 11) is 2.21. The van der Waals surface area contributed by atoms with Crippen LogP contribution in [-0.2, 0) is 0 Å². The third-order valence-corrected chi connectivity index (χ3v) is 3.70. The quantitative estimate of drug-likeness (QED) is 0.895. The average molecular weight is 283 g/mol. The number of likely N-dealkylation sites (tertiary alicyclic amines) is 1. The summed E-state index contributed by atoms with van der Waals surface area (Å²) in [6, 6.07) is 9.08. The van der Waals surface area contributed by atoms with Crippen LogP contribution >= 0.6 is 15.9 Å². The van der Waals surface area contributed by atoms with Gasteiger partial charge in [-0.05, 0) is 63.7 Å². The van der Waals surface area contributed by atoms with Crippen LogP contribution in [0.4, 0.5) is 5.69 Å². The zero-order valence-corrected chi connectivity index (χ0v) is 11.3. The molecule has 0 amide bonds. The minimum Gasteiger partial charge on any atom is -0.382 e. The van der Waals surface area contributed by atoms with E-state index in [1.165, 1.54) is 38.0 Å². The predicted octanol–water partition coefficient (Wildman–Crippen LogP) is 3.35.